The zero-order valence-electron chi connectivity index (χ0n) is 10.9. The second-order valence-electron chi connectivity index (χ2n) is 5.67. The largest absolute Gasteiger partial charge is 0.329 e. The molecular weight excluding hydrogens is 216 g/mol. The van der Waals surface area contributed by atoms with Crippen LogP contribution in [-0.4, -0.2) is 77.6 Å². The van der Waals surface area contributed by atoms with Crippen molar-refractivity contribution in [1.82, 2.24) is 0 Å². The molecule has 0 unspecified atom stereocenters. The smallest absolute Gasteiger partial charge is 0.131 e. The molecule has 0 heterocycles. The molecule has 0 rings (SSSR count). The molecule has 94 valence electrons. The van der Waals surface area contributed by atoms with E-state index >= 15 is 0 Å². The molecule has 0 atom stereocenters. The lowest BCUT2D eigenvalue weighted by atomic mass is 10.5. The summed E-state index contributed by atoms with van der Waals surface area (Å²) in [4.78, 5) is 10.2. The van der Waals surface area contributed by atoms with E-state index in [0.717, 1.165) is 22.1 Å². The van der Waals surface area contributed by atoms with E-state index in [0.29, 0.717) is 13.2 Å². The minimum absolute atomic E-state index is 0. The van der Waals surface area contributed by atoms with Gasteiger partial charge in [-0.1, -0.05) is 0 Å². The Morgan fingerprint density at radius 1 is 0.667 bits per heavy atom. The molecule has 4 nitrogen and oxygen atoms in total. The molecule has 0 spiro atoms. The second-order valence-corrected chi connectivity index (χ2v) is 5.67. The summed E-state index contributed by atoms with van der Waals surface area (Å²) in [5, 5.41) is 0. The summed E-state index contributed by atoms with van der Waals surface area (Å²) in [5.74, 6) is 0. The first kappa shape index (κ1) is 17.5. The van der Waals surface area contributed by atoms with Crippen LogP contribution in [0.4, 0.5) is 0 Å². The number of rotatable bonds is 7. The maximum atomic E-state index is 5.08. The first-order valence-electron chi connectivity index (χ1n) is 5.06. The van der Waals surface area contributed by atoms with Gasteiger partial charge in [0.25, 0.3) is 0 Å². The van der Waals surface area contributed by atoms with Gasteiger partial charge < -0.3 is 8.97 Å². The Labute approximate surface area is 100 Å². The van der Waals surface area contributed by atoms with Crippen LogP contribution in [0.3, 0.4) is 0 Å². The van der Waals surface area contributed by atoms with Gasteiger partial charge in [-0.3, -0.25) is 0 Å². The minimum atomic E-state index is 0. The summed E-state index contributed by atoms with van der Waals surface area (Å²) in [7, 11) is 12.8. The second kappa shape index (κ2) is 7.41. The van der Waals surface area contributed by atoms with Crippen molar-refractivity contribution in [2.45, 2.75) is 0 Å². The Hall–Kier alpha value is 0.130. The summed E-state index contributed by atoms with van der Waals surface area (Å²) < 4.78 is 1.80. The number of quaternary nitrogens is 2. The van der Waals surface area contributed by atoms with Gasteiger partial charge in [0.2, 0.25) is 0 Å². The van der Waals surface area contributed by atoms with Crippen LogP contribution in [-0.2, 0) is 9.78 Å². The van der Waals surface area contributed by atoms with E-state index in [1.807, 2.05) is 0 Å². The topological polar surface area (TPSA) is 18.5 Å². The fourth-order valence-corrected chi connectivity index (χ4v) is 0.740. The third-order valence-electron chi connectivity index (χ3n) is 1.77. The molecule has 0 N–H and O–H groups in total. The molecule has 0 aromatic heterocycles. The van der Waals surface area contributed by atoms with E-state index < -0.39 is 0 Å². The van der Waals surface area contributed by atoms with E-state index in [2.05, 4.69) is 42.3 Å². The lowest BCUT2D eigenvalue weighted by molar-refractivity contribution is -0.874. The average Bonchev–Trinajstić information content (AvgIpc) is 1.92. The predicted molar refractivity (Wildman–Crippen MR) is 65.0 cm³/mol. The molecule has 0 aliphatic rings. The molecule has 0 fully saturated rings. The summed E-state index contributed by atoms with van der Waals surface area (Å²) in [6.07, 6.45) is 0. The first-order valence-corrected chi connectivity index (χ1v) is 5.06. The van der Waals surface area contributed by atoms with Crippen LogP contribution in [0.2, 0.25) is 0 Å². The minimum Gasteiger partial charge on any atom is -0.329 e. The van der Waals surface area contributed by atoms with E-state index in [1.165, 1.54) is 0 Å². The van der Waals surface area contributed by atoms with Crippen LogP contribution in [0.25, 0.3) is 0 Å². The zero-order chi connectivity index (χ0) is 11.2. The van der Waals surface area contributed by atoms with Crippen LogP contribution < -0.4 is 0 Å². The lowest BCUT2D eigenvalue weighted by Gasteiger charge is -2.24. The van der Waals surface area contributed by atoms with Crippen molar-refractivity contribution in [2.24, 2.45) is 0 Å². The van der Waals surface area contributed by atoms with Gasteiger partial charge in [0.15, 0.2) is 0 Å². The lowest BCUT2D eigenvalue weighted by Crippen LogP contribution is -2.39. The first-order chi connectivity index (χ1) is 6.21. The highest BCUT2D eigenvalue weighted by molar-refractivity contribution is 5.85. The molecule has 0 saturated carbocycles. The quantitative estimate of drug-likeness (QED) is 0.284. The van der Waals surface area contributed by atoms with Gasteiger partial charge in [-0.25, -0.2) is 9.78 Å². The Kier molecular flexibility index (Phi) is 8.66. The molecule has 0 aliphatic heterocycles. The monoisotopic (exact) mass is 242 g/mol. The summed E-state index contributed by atoms with van der Waals surface area (Å²) >= 11 is 0. The number of hydrogen-bond donors (Lipinski definition) is 0. The van der Waals surface area contributed by atoms with Gasteiger partial charge in [-0.15, -0.1) is 12.4 Å². The van der Waals surface area contributed by atoms with Crippen LogP contribution in [0, 0.1) is 0 Å². The van der Waals surface area contributed by atoms with Crippen LogP contribution >= 0.6 is 12.4 Å². The van der Waals surface area contributed by atoms with Crippen LogP contribution in [0.15, 0.2) is 0 Å². The number of nitrogens with zero attached hydrogens (tertiary/aromatic N) is 2. The highest BCUT2D eigenvalue weighted by atomic mass is 35.5. The van der Waals surface area contributed by atoms with Crippen LogP contribution in [0.1, 0.15) is 0 Å². The normalized spacial score (nSPS) is 12.4. The molecule has 0 bridgehead atoms. The molecule has 0 saturated heterocycles. The van der Waals surface area contributed by atoms with E-state index in [9.17, 15) is 0 Å². The highest BCUT2D eigenvalue weighted by Gasteiger charge is 2.08. The Morgan fingerprint density at radius 3 is 1.13 bits per heavy atom. The number of hydrogen-bond acceptors (Lipinski definition) is 2. The molecule has 5 heteroatoms. The molecule has 0 radical (unpaired) electrons. The van der Waals surface area contributed by atoms with Gasteiger partial charge in [0.1, 0.15) is 26.3 Å². The molecule has 0 aromatic rings. The van der Waals surface area contributed by atoms with E-state index in [1.54, 1.807) is 0 Å². The molecular formula is C10H27ClN2O2+2. The molecule has 15 heavy (non-hydrogen) atoms. The fraction of sp³-hybridized carbons (Fsp3) is 1.00. The zero-order valence-corrected chi connectivity index (χ0v) is 11.8. The fourth-order valence-electron chi connectivity index (χ4n) is 0.740. The Bertz CT molecular complexity index is 134. The molecule has 0 amide bonds. The Morgan fingerprint density at radius 2 is 0.933 bits per heavy atom. The SMILES string of the molecule is C[N+](C)(C)CCOOCC[N+](C)(C)C.Cl. The molecule has 0 aliphatic carbocycles. The van der Waals surface area contributed by atoms with Crippen molar-refractivity contribution in [1.29, 1.82) is 0 Å². The van der Waals surface area contributed by atoms with Crippen molar-refractivity contribution in [3.05, 3.63) is 0 Å². The van der Waals surface area contributed by atoms with Crippen molar-refractivity contribution in [3.8, 4) is 0 Å². The highest BCUT2D eigenvalue weighted by Crippen LogP contribution is 1.92. The average molecular weight is 243 g/mol. The summed E-state index contributed by atoms with van der Waals surface area (Å²) in [6.45, 7) is 3.23. The standard InChI is InChI=1S/C10H26N2O2.ClH/c1-11(2,3)7-9-13-14-10-8-12(4,5)6;/h7-10H2,1-6H3;1H/q+2;. The Balaban J connectivity index is 0. The van der Waals surface area contributed by atoms with Gasteiger partial charge in [-0.2, -0.15) is 0 Å². The van der Waals surface area contributed by atoms with Crippen molar-refractivity contribution in [3.63, 3.8) is 0 Å². The predicted octanol–water partition coefficient (Wildman–Crippen LogP) is 0.769. The molecule has 0 aromatic carbocycles. The van der Waals surface area contributed by atoms with Crippen LogP contribution in [0.5, 0.6) is 0 Å². The summed E-state index contributed by atoms with van der Waals surface area (Å²) in [6, 6.07) is 0. The van der Waals surface area contributed by atoms with Gasteiger partial charge in [0.05, 0.1) is 42.3 Å². The van der Waals surface area contributed by atoms with E-state index in [-0.39, 0.29) is 12.4 Å². The number of likely N-dealkylation sites (N-methyl/N-ethyl adjacent to an activating group) is 2. The number of halogens is 1. The van der Waals surface area contributed by atoms with E-state index in [4.69, 9.17) is 9.78 Å². The maximum absolute atomic E-state index is 5.08. The maximum Gasteiger partial charge on any atom is 0.131 e. The third-order valence-corrected chi connectivity index (χ3v) is 1.77. The van der Waals surface area contributed by atoms with Crippen molar-refractivity contribution >= 4 is 12.4 Å². The van der Waals surface area contributed by atoms with Gasteiger partial charge in [-0.05, 0) is 0 Å². The third kappa shape index (κ3) is 16.8. The summed E-state index contributed by atoms with van der Waals surface area (Å²) in [5.41, 5.74) is 0. The van der Waals surface area contributed by atoms with Crippen molar-refractivity contribution < 1.29 is 18.7 Å². The van der Waals surface area contributed by atoms with Gasteiger partial charge >= 0.3 is 0 Å². The van der Waals surface area contributed by atoms with Crippen molar-refractivity contribution in [2.75, 3.05) is 68.6 Å². The van der Waals surface area contributed by atoms with Gasteiger partial charge in [0, 0.05) is 0 Å².